The molecule has 98 valence electrons. The van der Waals surface area contributed by atoms with Gasteiger partial charge in [0.2, 0.25) is 0 Å². The van der Waals surface area contributed by atoms with Gasteiger partial charge in [-0.25, -0.2) is 0 Å². The summed E-state index contributed by atoms with van der Waals surface area (Å²) >= 11 is 0. The number of hydrogen-bond acceptors (Lipinski definition) is 3. The van der Waals surface area contributed by atoms with Crippen LogP contribution in [0.3, 0.4) is 0 Å². The van der Waals surface area contributed by atoms with Gasteiger partial charge in [-0.1, -0.05) is 49.4 Å². The number of rotatable bonds is 5. The molecular weight excluding hydrogens is 239 g/mol. The van der Waals surface area contributed by atoms with Crippen molar-refractivity contribution in [1.82, 2.24) is 0 Å². The molecule has 2 aromatic carbocycles. The monoisotopic (exact) mass is 256 g/mol. The van der Waals surface area contributed by atoms with Crippen LogP contribution in [0.4, 0.5) is 0 Å². The van der Waals surface area contributed by atoms with Crippen LogP contribution in [0.25, 0.3) is 0 Å². The van der Waals surface area contributed by atoms with Gasteiger partial charge in [-0.05, 0) is 29.1 Å². The lowest BCUT2D eigenvalue weighted by Gasteiger charge is -2.12. The van der Waals surface area contributed by atoms with E-state index >= 15 is 0 Å². The van der Waals surface area contributed by atoms with Gasteiger partial charge in [-0.3, -0.25) is 0 Å². The van der Waals surface area contributed by atoms with Crippen molar-refractivity contribution >= 4 is 12.6 Å². The summed E-state index contributed by atoms with van der Waals surface area (Å²) in [4.78, 5) is 0. The molecular formula is C15H17BO3. The van der Waals surface area contributed by atoms with Gasteiger partial charge in [0, 0.05) is 0 Å². The fraction of sp³-hybridized carbons (Fsp3) is 0.200. The zero-order chi connectivity index (χ0) is 13.7. The van der Waals surface area contributed by atoms with Crippen molar-refractivity contribution in [2.75, 3.05) is 0 Å². The van der Waals surface area contributed by atoms with E-state index in [0.29, 0.717) is 12.1 Å². The number of ether oxygens (including phenoxy) is 1. The van der Waals surface area contributed by atoms with Crippen LogP contribution in [0, 0.1) is 0 Å². The van der Waals surface area contributed by atoms with E-state index in [9.17, 15) is 10.0 Å². The highest BCUT2D eigenvalue weighted by molar-refractivity contribution is 6.59. The van der Waals surface area contributed by atoms with Crippen molar-refractivity contribution in [2.24, 2.45) is 0 Å². The van der Waals surface area contributed by atoms with Crippen molar-refractivity contribution in [1.29, 1.82) is 0 Å². The summed E-state index contributed by atoms with van der Waals surface area (Å²) in [6, 6.07) is 15.0. The molecule has 19 heavy (non-hydrogen) atoms. The van der Waals surface area contributed by atoms with Gasteiger partial charge in [0.25, 0.3) is 0 Å². The van der Waals surface area contributed by atoms with Gasteiger partial charge in [0.15, 0.2) is 0 Å². The maximum atomic E-state index is 9.30. The van der Waals surface area contributed by atoms with Crippen molar-refractivity contribution in [3.05, 3.63) is 59.7 Å². The lowest BCUT2D eigenvalue weighted by Crippen LogP contribution is -2.33. The molecule has 0 atom stereocenters. The molecule has 0 unspecified atom stereocenters. The van der Waals surface area contributed by atoms with Crippen LogP contribution in [-0.2, 0) is 13.0 Å². The summed E-state index contributed by atoms with van der Waals surface area (Å²) in [7, 11) is -1.47. The molecule has 0 fully saturated rings. The molecule has 2 aromatic rings. The maximum Gasteiger partial charge on any atom is 0.488 e. The maximum absolute atomic E-state index is 9.30. The highest BCUT2D eigenvalue weighted by Gasteiger charge is 2.15. The Kier molecular flexibility index (Phi) is 4.60. The molecule has 4 heteroatoms. The average Bonchev–Trinajstić information content (AvgIpc) is 2.45. The van der Waals surface area contributed by atoms with Crippen molar-refractivity contribution in [3.8, 4) is 5.75 Å². The van der Waals surface area contributed by atoms with Crippen LogP contribution >= 0.6 is 0 Å². The third-order valence-electron chi connectivity index (χ3n) is 3.07. The topological polar surface area (TPSA) is 49.7 Å². The molecule has 2 rings (SSSR count). The smallest absolute Gasteiger partial charge is 0.488 e. The van der Waals surface area contributed by atoms with E-state index in [1.54, 1.807) is 12.1 Å². The van der Waals surface area contributed by atoms with E-state index in [-0.39, 0.29) is 0 Å². The van der Waals surface area contributed by atoms with Crippen molar-refractivity contribution in [3.63, 3.8) is 0 Å². The second-order valence-corrected chi connectivity index (χ2v) is 4.32. The quantitative estimate of drug-likeness (QED) is 0.797. The Labute approximate surface area is 113 Å². The van der Waals surface area contributed by atoms with Crippen LogP contribution in [0.15, 0.2) is 48.5 Å². The summed E-state index contributed by atoms with van der Waals surface area (Å²) in [6.07, 6.45) is 0.903. The first kappa shape index (κ1) is 13.7. The molecule has 0 aliphatic carbocycles. The largest absolute Gasteiger partial charge is 0.489 e. The van der Waals surface area contributed by atoms with Crippen molar-refractivity contribution in [2.45, 2.75) is 20.0 Å². The molecule has 0 aliphatic heterocycles. The standard InChI is InChI=1S/C15H17BO3/c1-2-12-7-4-6-10-15(12)19-11-13-8-3-5-9-14(13)16(17)18/h3-10,17-18H,2,11H2,1H3. The summed E-state index contributed by atoms with van der Waals surface area (Å²) < 4.78 is 5.78. The SMILES string of the molecule is CCc1ccccc1OCc1ccccc1B(O)O. The van der Waals surface area contributed by atoms with Crippen LogP contribution in [-0.4, -0.2) is 17.2 Å². The third kappa shape index (κ3) is 3.37. The van der Waals surface area contributed by atoms with Gasteiger partial charge in [-0.15, -0.1) is 0 Å². The van der Waals surface area contributed by atoms with E-state index in [2.05, 4.69) is 6.92 Å². The van der Waals surface area contributed by atoms with Crippen LogP contribution in [0.1, 0.15) is 18.1 Å². The van der Waals surface area contributed by atoms with E-state index in [1.807, 2.05) is 36.4 Å². The van der Waals surface area contributed by atoms with Crippen LogP contribution in [0.2, 0.25) is 0 Å². The van der Waals surface area contributed by atoms with Crippen LogP contribution < -0.4 is 10.2 Å². The molecule has 0 heterocycles. The van der Waals surface area contributed by atoms with Gasteiger partial charge in [0.05, 0.1) is 0 Å². The lowest BCUT2D eigenvalue weighted by atomic mass is 9.77. The molecule has 0 spiro atoms. The first-order valence-electron chi connectivity index (χ1n) is 6.37. The minimum absolute atomic E-state index is 0.324. The molecule has 2 N–H and O–H groups in total. The van der Waals surface area contributed by atoms with Crippen LogP contribution in [0.5, 0.6) is 5.75 Å². The lowest BCUT2D eigenvalue weighted by molar-refractivity contribution is 0.303. The number of para-hydroxylation sites is 1. The predicted molar refractivity (Wildman–Crippen MR) is 76.4 cm³/mol. The number of benzene rings is 2. The third-order valence-corrected chi connectivity index (χ3v) is 3.07. The molecule has 3 nitrogen and oxygen atoms in total. The van der Waals surface area contributed by atoms with Gasteiger partial charge < -0.3 is 14.8 Å². The van der Waals surface area contributed by atoms with E-state index < -0.39 is 7.12 Å². The summed E-state index contributed by atoms with van der Waals surface area (Å²) in [5.74, 6) is 0.840. The van der Waals surface area contributed by atoms with E-state index in [0.717, 1.165) is 23.3 Å². The Morgan fingerprint density at radius 2 is 1.58 bits per heavy atom. The normalized spacial score (nSPS) is 10.3. The Bertz CT molecular complexity index is 540. The first-order chi connectivity index (χ1) is 9.22. The van der Waals surface area contributed by atoms with Gasteiger partial charge in [0.1, 0.15) is 12.4 Å². The van der Waals surface area contributed by atoms with Gasteiger partial charge >= 0.3 is 7.12 Å². The zero-order valence-electron chi connectivity index (χ0n) is 10.9. The molecule has 0 aromatic heterocycles. The molecule has 0 aliphatic rings. The van der Waals surface area contributed by atoms with Crippen molar-refractivity contribution < 1.29 is 14.8 Å². The summed E-state index contributed by atoms with van der Waals surface area (Å²) in [5, 5.41) is 18.6. The molecule has 0 saturated heterocycles. The average molecular weight is 256 g/mol. The van der Waals surface area contributed by atoms with E-state index in [1.165, 1.54) is 0 Å². The highest BCUT2D eigenvalue weighted by atomic mass is 16.5. The van der Waals surface area contributed by atoms with Gasteiger partial charge in [-0.2, -0.15) is 0 Å². The number of aryl methyl sites for hydroxylation is 1. The molecule has 0 amide bonds. The summed E-state index contributed by atoms with van der Waals surface area (Å²) in [6.45, 7) is 2.40. The molecule has 0 saturated carbocycles. The first-order valence-corrected chi connectivity index (χ1v) is 6.37. The minimum atomic E-state index is -1.47. The second kappa shape index (κ2) is 6.41. The fourth-order valence-corrected chi connectivity index (χ4v) is 2.01. The number of hydrogen-bond donors (Lipinski definition) is 2. The Morgan fingerprint density at radius 1 is 0.947 bits per heavy atom. The predicted octanol–water partition coefficient (Wildman–Crippen LogP) is 1.51. The highest BCUT2D eigenvalue weighted by Crippen LogP contribution is 2.19. The second-order valence-electron chi connectivity index (χ2n) is 4.32. The Balaban J connectivity index is 2.15. The fourth-order valence-electron chi connectivity index (χ4n) is 2.01. The summed E-state index contributed by atoms with van der Waals surface area (Å²) in [5.41, 5.74) is 2.41. The Hall–Kier alpha value is -1.78. The zero-order valence-corrected chi connectivity index (χ0v) is 10.9. The van der Waals surface area contributed by atoms with E-state index in [4.69, 9.17) is 4.74 Å². The Morgan fingerprint density at radius 3 is 2.26 bits per heavy atom. The molecule has 0 bridgehead atoms. The molecule has 0 radical (unpaired) electrons. The minimum Gasteiger partial charge on any atom is -0.489 e.